The molecular formula is C26H24F6N4O8. The Bertz CT molecular complexity index is 1420. The Morgan fingerprint density at radius 2 is 1.36 bits per heavy atom. The number of rotatable bonds is 6. The maximum Gasteiger partial charge on any atom is 0.490 e. The van der Waals surface area contributed by atoms with Crippen molar-refractivity contribution in [2.24, 2.45) is 11.8 Å². The highest BCUT2D eigenvalue weighted by atomic mass is 19.4. The van der Waals surface area contributed by atoms with Gasteiger partial charge >= 0.3 is 24.3 Å². The van der Waals surface area contributed by atoms with Gasteiger partial charge in [0.15, 0.2) is 0 Å². The van der Waals surface area contributed by atoms with Crippen molar-refractivity contribution in [1.29, 1.82) is 0 Å². The summed E-state index contributed by atoms with van der Waals surface area (Å²) in [6.07, 6.45) is -8.45. The van der Waals surface area contributed by atoms with Crippen molar-refractivity contribution in [3.63, 3.8) is 0 Å². The van der Waals surface area contributed by atoms with Crippen LogP contribution >= 0.6 is 0 Å². The lowest BCUT2D eigenvalue weighted by molar-refractivity contribution is -0.193. The summed E-state index contributed by atoms with van der Waals surface area (Å²) in [5.41, 5.74) is 4.09. The number of halogens is 6. The van der Waals surface area contributed by atoms with Crippen LogP contribution in [0.4, 0.5) is 32.0 Å². The second-order valence-corrected chi connectivity index (χ2v) is 8.75. The molecule has 18 heteroatoms. The van der Waals surface area contributed by atoms with Crippen LogP contribution in [-0.2, 0) is 25.8 Å². The normalized spacial score (nSPS) is 16.0. The molecule has 3 aromatic rings. The van der Waals surface area contributed by atoms with E-state index < -0.39 is 42.0 Å². The lowest BCUT2D eigenvalue weighted by Crippen LogP contribution is -2.38. The molecule has 1 aromatic heterocycles. The van der Waals surface area contributed by atoms with Crippen LogP contribution in [0.5, 0.6) is 5.75 Å². The lowest BCUT2D eigenvalue weighted by atomic mass is 9.94. The predicted molar refractivity (Wildman–Crippen MR) is 138 cm³/mol. The van der Waals surface area contributed by atoms with Gasteiger partial charge in [-0.2, -0.15) is 26.3 Å². The number of hydrogen-bond donors (Lipinski definition) is 6. The molecule has 1 aliphatic heterocycles. The molecule has 2 atom stereocenters. The number of nitrogens with one attached hydrogen (secondary N) is 3. The number of carbonyl (C=O) groups is 4. The number of hydroxylamine groups is 1. The van der Waals surface area contributed by atoms with Gasteiger partial charge in [0.1, 0.15) is 12.4 Å². The van der Waals surface area contributed by atoms with Crippen molar-refractivity contribution in [3.8, 4) is 5.75 Å². The van der Waals surface area contributed by atoms with Crippen molar-refractivity contribution in [3.05, 3.63) is 66.4 Å². The van der Waals surface area contributed by atoms with E-state index in [1.807, 2.05) is 42.5 Å². The molecule has 0 saturated carbocycles. The first-order valence-electron chi connectivity index (χ1n) is 12.2. The number of para-hydroxylation sites is 1. The van der Waals surface area contributed by atoms with Crippen LogP contribution in [0.25, 0.3) is 10.9 Å². The zero-order valence-electron chi connectivity index (χ0n) is 22.1. The van der Waals surface area contributed by atoms with Crippen molar-refractivity contribution < 1.29 is 65.7 Å². The molecule has 1 fully saturated rings. The van der Waals surface area contributed by atoms with Crippen molar-refractivity contribution in [2.75, 3.05) is 18.4 Å². The van der Waals surface area contributed by atoms with Crippen molar-refractivity contribution >= 4 is 40.3 Å². The van der Waals surface area contributed by atoms with Gasteiger partial charge in [0.05, 0.1) is 17.4 Å². The monoisotopic (exact) mass is 634 g/mol. The number of aliphatic carboxylic acids is 2. The molecule has 0 radical (unpaired) electrons. The fraction of sp³-hybridized carbons (Fsp3) is 0.269. The number of hydrogen-bond acceptors (Lipinski definition) is 8. The maximum atomic E-state index is 12.5. The molecule has 238 valence electrons. The van der Waals surface area contributed by atoms with Crippen LogP contribution in [0.1, 0.15) is 5.56 Å². The van der Waals surface area contributed by atoms with Gasteiger partial charge in [0.25, 0.3) is 0 Å². The minimum Gasteiger partial charge on any atom is -0.488 e. The van der Waals surface area contributed by atoms with Crippen LogP contribution in [-0.4, -0.2) is 69.6 Å². The second-order valence-electron chi connectivity index (χ2n) is 8.75. The second kappa shape index (κ2) is 15.5. The number of fused-ring (bicyclic) bond motifs is 1. The van der Waals surface area contributed by atoms with Gasteiger partial charge in [-0.15, -0.1) is 0 Å². The van der Waals surface area contributed by atoms with Crippen LogP contribution in [0.3, 0.4) is 0 Å². The standard InChI is InChI=1S/C22H22N4O4.2C2HF3O2/c27-21(17-11-23-12-18(17)22(28)26-29)25-15-7-5-14(6-8-15)13-30-20-9-10-24-19-4-2-1-3-16(19)20;2*3-2(4,5)1(6)7/h1-10,17-18,23,29H,11-13H2,(H,25,27)(H,26,28);2*(H,6,7)/t17-,18-;;/m0../s1. The van der Waals surface area contributed by atoms with E-state index in [1.165, 1.54) is 0 Å². The molecule has 0 spiro atoms. The molecule has 6 N–H and O–H groups in total. The number of nitrogens with zero attached hydrogens (tertiary/aromatic N) is 1. The van der Waals surface area contributed by atoms with E-state index in [-0.39, 0.29) is 5.91 Å². The number of ether oxygens (including phenoxy) is 1. The molecule has 2 amide bonds. The SMILES string of the molecule is O=C(NO)[C@H]1CNC[C@@H]1C(=O)Nc1ccc(COc2ccnc3ccccc23)cc1.O=C(O)C(F)(F)F.O=C(O)C(F)(F)F. The third-order valence-electron chi connectivity index (χ3n) is 5.71. The lowest BCUT2D eigenvalue weighted by Gasteiger charge is -2.16. The summed E-state index contributed by atoms with van der Waals surface area (Å²) in [6, 6.07) is 17.0. The number of pyridine rings is 1. The number of carboxylic acid groups (broad SMARTS) is 2. The van der Waals surface area contributed by atoms with E-state index >= 15 is 0 Å². The number of anilines is 1. The van der Waals surface area contributed by atoms with Gasteiger partial charge in [-0.3, -0.25) is 19.8 Å². The molecule has 0 aliphatic carbocycles. The zero-order valence-corrected chi connectivity index (χ0v) is 22.1. The number of aromatic nitrogens is 1. The number of carboxylic acids is 2. The minimum atomic E-state index is -5.08. The van der Waals surface area contributed by atoms with Gasteiger partial charge in [0, 0.05) is 30.4 Å². The van der Waals surface area contributed by atoms with E-state index in [4.69, 9.17) is 29.7 Å². The molecule has 1 aliphatic rings. The van der Waals surface area contributed by atoms with Crippen LogP contribution in [0, 0.1) is 11.8 Å². The molecule has 2 heterocycles. The van der Waals surface area contributed by atoms with Gasteiger partial charge in [-0.25, -0.2) is 15.1 Å². The molecule has 0 unspecified atom stereocenters. The Hall–Kier alpha value is -4.97. The molecule has 4 rings (SSSR count). The predicted octanol–water partition coefficient (Wildman–Crippen LogP) is 3.36. The van der Waals surface area contributed by atoms with Crippen LogP contribution < -0.4 is 20.9 Å². The molecule has 44 heavy (non-hydrogen) atoms. The maximum absolute atomic E-state index is 12.5. The Kier molecular flexibility index (Phi) is 12.4. The van der Waals surface area contributed by atoms with Crippen molar-refractivity contribution in [2.45, 2.75) is 19.0 Å². The van der Waals surface area contributed by atoms with Crippen LogP contribution in [0.15, 0.2) is 60.8 Å². The summed E-state index contributed by atoms with van der Waals surface area (Å²) >= 11 is 0. The Morgan fingerprint density at radius 3 is 1.89 bits per heavy atom. The number of benzene rings is 2. The van der Waals surface area contributed by atoms with Gasteiger partial charge in [0.2, 0.25) is 11.8 Å². The van der Waals surface area contributed by atoms with Gasteiger partial charge in [-0.05, 0) is 35.9 Å². The van der Waals surface area contributed by atoms with E-state index in [1.54, 1.807) is 23.8 Å². The van der Waals surface area contributed by atoms with Gasteiger partial charge in [-0.1, -0.05) is 24.3 Å². The molecule has 1 saturated heterocycles. The first kappa shape index (κ1) is 35.2. The van der Waals surface area contributed by atoms with Crippen LogP contribution in [0.2, 0.25) is 0 Å². The number of amides is 2. The van der Waals surface area contributed by atoms with E-state index in [9.17, 15) is 35.9 Å². The van der Waals surface area contributed by atoms with Crippen molar-refractivity contribution in [1.82, 2.24) is 15.8 Å². The number of alkyl halides is 6. The Balaban J connectivity index is 0.000000402. The molecular weight excluding hydrogens is 610 g/mol. The summed E-state index contributed by atoms with van der Waals surface area (Å²) in [4.78, 5) is 46.3. The third-order valence-corrected chi connectivity index (χ3v) is 5.71. The van der Waals surface area contributed by atoms with Gasteiger partial charge < -0.3 is 25.6 Å². The fourth-order valence-corrected chi connectivity index (χ4v) is 3.59. The largest absolute Gasteiger partial charge is 0.490 e. The van der Waals surface area contributed by atoms with E-state index in [2.05, 4.69) is 15.6 Å². The minimum absolute atomic E-state index is 0.263. The quantitative estimate of drug-likeness (QED) is 0.133. The highest BCUT2D eigenvalue weighted by Crippen LogP contribution is 2.25. The number of carbonyl (C=O) groups excluding carboxylic acids is 2. The van der Waals surface area contributed by atoms with E-state index in [0.29, 0.717) is 25.4 Å². The average Bonchev–Trinajstić information content (AvgIpc) is 3.46. The first-order valence-corrected chi connectivity index (χ1v) is 12.2. The topological polar surface area (TPSA) is 187 Å². The van der Waals surface area contributed by atoms with E-state index in [0.717, 1.165) is 22.2 Å². The summed E-state index contributed by atoms with van der Waals surface area (Å²) in [5.74, 6) is -6.71. The first-order chi connectivity index (χ1) is 20.5. The fourth-order valence-electron chi connectivity index (χ4n) is 3.59. The Labute approximate surface area is 243 Å². The smallest absolute Gasteiger partial charge is 0.488 e. The highest BCUT2D eigenvalue weighted by Gasteiger charge is 2.39. The molecule has 12 nitrogen and oxygen atoms in total. The summed E-state index contributed by atoms with van der Waals surface area (Å²) in [5, 5.41) is 29.9. The molecule has 2 aromatic carbocycles. The molecule has 0 bridgehead atoms. The average molecular weight is 634 g/mol. The third kappa shape index (κ3) is 10.7. The summed E-state index contributed by atoms with van der Waals surface area (Å²) < 4.78 is 69.4. The zero-order chi connectivity index (χ0) is 33.1. The Morgan fingerprint density at radius 1 is 0.841 bits per heavy atom. The summed E-state index contributed by atoms with van der Waals surface area (Å²) in [7, 11) is 0. The summed E-state index contributed by atoms with van der Waals surface area (Å²) in [6.45, 7) is 1.12. The highest BCUT2D eigenvalue weighted by molar-refractivity contribution is 5.96.